The summed E-state index contributed by atoms with van der Waals surface area (Å²) in [5.41, 5.74) is -0.772. The first-order chi connectivity index (χ1) is 3.98. The quantitative estimate of drug-likeness (QED) is 0.456. The van der Waals surface area contributed by atoms with E-state index in [1.165, 1.54) is 6.08 Å². The monoisotopic (exact) mass is 130 g/mol. The molecule has 0 radical (unpaired) electrons. The predicted octanol–water partition coefficient (Wildman–Crippen LogP) is 1.65. The van der Waals surface area contributed by atoms with E-state index in [2.05, 4.69) is 11.3 Å². The number of hydrogen-bond acceptors (Lipinski definition) is 2. The zero-order valence-electron chi connectivity index (χ0n) is 5.55. The minimum Gasteiger partial charge on any atom is -0.450 e. The lowest BCUT2D eigenvalue weighted by molar-refractivity contribution is 0.0309. The highest BCUT2D eigenvalue weighted by Gasteiger charge is 2.16. The van der Waals surface area contributed by atoms with E-state index in [0.717, 1.165) is 0 Å². The van der Waals surface area contributed by atoms with Gasteiger partial charge in [0.05, 0.1) is 0 Å². The van der Waals surface area contributed by atoms with E-state index in [4.69, 9.17) is 5.11 Å². The molecule has 9 heavy (non-hydrogen) atoms. The van der Waals surface area contributed by atoms with Crippen molar-refractivity contribution in [3.63, 3.8) is 0 Å². The second-order valence-electron chi connectivity index (χ2n) is 2.18. The summed E-state index contributed by atoms with van der Waals surface area (Å²) < 4.78 is 4.39. The molecule has 0 aliphatic rings. The molecule has 1 N–H and O–H groups in total. The summed E-state index contributed by atoms with van der Waals surface area (Å²) in [5.74, 6) is 0. The SMILES string of the molecule is C=CC(C)(C)OC(=O)O. The Morgan fingerprint density at radius 1 is 1.78 bits per heavy atom. The molecule has 0 aromatic heterocycles. The predicted molar refractivity (Wildman–Crippen MR) is 33.4 cm³/mol. The second-order valence-corrected chi connectivity index (χ2v) is 2.18. The average molecular weight is 130 g/mol. The van der Waals surface area contributed by atoms with Gasteiger partial charge in [0.1, 0.15) is 5.60 Å². The van der Waals surface area contributed by atoms with Gasteiger partial charge in [-0.25, -0.2) is 4.79 Å². The molecule has 0 bridgehead atoms. The third kappa shape index (κ3) is 3.58. The molecule has 0 aliphatic carbocycles. The Morgan fingerprint density at radius 3 is 2.33 bits per heavy atom. The Bertz CT molecular complexity index is 126. The van der Waals surface area contributed by atoms with Crippen molar-refractivity contribution in [3.05, 3.63) is 12.7 Å². The van der Waals surface area contributed by atoms with Gasteiger partial charge in [0.2, 0.25) is 0 Å². The van der Waals surface area contributed by atoms with Crippen LogP contribution in [0.3, 0.4) is 0 Å². The maximum Gasteiger partial charge on any atom is 0.506 e. The van der Waals surface area contributed by atoms with Gasteiger partial charge in [-0.1, -0.05) is 6.58 Å². The number of carbonyl (C=O) groups is 1. The maximum absolute atomic E-state index is 9.90. The Labute approximate surface area is 53.9 Å². The van der Waals surface area contributed by atoms with Crippen LogP contribution < -0.4 is 0 Å². The van der Waals surface area contributed by atoms with Crippen LogP contribution in [0.25, 0.3) is 0 Å². The Morgan fingerprint density at radius 2 is 2.22 bits per heavy atom. The molecule has 0 saturated heterocycles. The maximum atomic E-state index is 9.90. The minimum atomic E-state index is -1.28. The first-order valence-electron chi connectivity index (χ1n) is 2.53. The summed E-state index contributed by atoms with van der Waals surface area (Å²) in [6.45, 7) is 6.64. The summed E-state index contributed by atoms with van der Waals surface area (Å²) >= 11 is 0. The lowest BCUT2D eigenvalue weighted by Crippen LogP contribution is -2.23. The molecule has 3 heteroatoms. The molecular formula is C6H10O3. The molecule has 0 rings (SSSR count). The molecule has 0 amide bonds. The fraction of sp³-hybridized carbons (Fsp3) is 0.500. The minimum absolute atomic E-state index is 0.772. The first-order valence-corrected chi connectivity index (χ1v) is 2.53. The van der Waals surface area contributed by atoms with Gasteiger partial charge in [0.15, 0.2) is 0 Å². The van der Waals surface area contributed by atoms with Crippen molar-refractivity contribution in [1.82, 2.24) is 0 Å². The summed E-state index contributed by atoms with van der Waals surface area (Å²) in [6, 6.07) is 0. The molecule has 0 unspecified atom stereocenters. The fourth-order valence-corrected chi connectivity index (χ4v) is 0.267. The van der Waals surface area contributed by atoms with Crippen molar-refractivity contribution < 1.29 is 14.6 Å². The van der Waals surface area contributed by atoms with Crippen molar-refractivity contribution in [2.24, 2.45) is 0 Å². The molecule has 0 heterocycles. The number of ether oxygens (including phenoxy) is 1. The molecule has 52 valence electrons. The van der Waals surface area contributed by atoms with Crippen LogP contribution in [-0.2, 0) is 4.74 Å². The Kier molecular flexibility index (Phi) is 2.25. The third-order valence-electron chi connectivity index (χ3n) is 0.842. The smallest absolute Gasteiger partial charge is 0.450 e. The van der Waals surface area contributed by atoms with E-state index >= 15 is 0 Å². The molecular weight excluding hydrogens is 120 g/mol. The number of hydrogen-bond donors (Lipinski definition) is 1. The summed E-state index contributed by atoms with van der Waals surface area (Å²) in [5, 5.41) is 8.11. The highest BCUT2D eigenvalue weighted by molar-refractivity contribution is 5.57. The van der Waals surface area contributed by atoms with Gasteiger partial charge >= 0.3 is 6.16 Å². The normalized spacial score (nSPS) is 10.4. The standard InChI is InChI=1S/C6H10O3/c1-4-6(2,3)9-5(7)8/h4H,1H2,2-3H3,(H,7,8). The first kappa shape index (κ1) is 8.01. The molecule has 0 spiro atoms. The van der Waals surface area contributed by atoms with Crippen molar-refractivity contribution >= 4 is 6.16 Å². The lowest BCUT2D eigenvalue weighted by atomic mass is 10.1. The van der Waals surface area contributed by atoms with Crippen LogP contribution in [0, 0.1) is 0 Å². The van der Waals surface area contributed by atoms with Crippen LogP contribution in [0.2, 0.25) is 0 Å². The van der Waals surface area contributed by atoms with Gasteiger partial charge in [0.25, 0.3) is 0 Å². The summed E-state index contributed by atoms with van der Waals surface area (Å²) in [6.07, 6.45) is 0.154. The summed E-state index contributed by atoms with van der Waals surface area (Å²) in [4.78, 5) is 9.90. The van der Waals surface area contributed by atoms with Gasteiger partial charge in [-0.3, -0.25) is 0 Å². The third-order valence-corrected chi connectivity index (χ3v) is 0.842. The molecule has 0 atom stereocenters. The Hall–Kier alpha value is -0.990. The zero-order valence-corrected chi connectivity index (χ0v) is 5.55. The fourth-order valence-electron chi connectivity index (χ4n) is 0.267. The van der Waals surface area contributed by atoms with Gasteiger partial charge in [-0.05, 0) is 19.9 Å². The highest BCUT2D eigenvalue weighted by atomic mass is 16.7. The van der Waals surface area contributed by atoms with E-state index in [0.29, 0.717) is 0 Å². The molecule has 0 saturated carbocycles. The van der Waals surface area contributed by atoms with Crippen LogP contribution in [-0.4, -0.2) is 16.9 Å². The van der Waals surface area contributed by atoms with Crippen molar-refractivity contribution in [1.29, 1.82) is 0 Å². The van der Waals surface area contributed by atoms with E-state index in [9.17, 15) is 4.79 Å². The van der Waals surface area contributed by atoms with Crippen LogP contribution >= 0.6 is 0 Å². The Balaban J connectivity index is 3.86. The van der Waals surface area contributed by atoms with Gasteiger partial charge in [0, 0.05) is 0 Å². The zero-order chi connectivity index (χ0) is 7.49. The van der Waals surface area contributed by atoms with Crippen LogP contribution in [0.4, 0.5) is 4.79 Å². The second kappa shape index (κ2) is 2.53. The van der Waals surface area contributed by atoms with Crippen molar-refractivity contribution in [3.8, 4) is 0 Å². The molecule has 3 nitrogen and oxygen atoms in total. The van der Waals surface area contributed by atoms with E-state index in [1.807, 2.05) is 0 Å². The number of carboxylic acid groups (broad SMARTS) is 1. The van der Waals surface area contributed by atoms with Gasteiger partial charge in [-0.2, -0.15) is 0 Å². The van der Waals surface area contributed by atoms with E-state index < -0.39 is 11.8 Å². The van der Waals surface area contributed by atoms with Gasteiger partial charge in [-0.15, -0.1) is 0 Å². The van der Waals surface area contributed by atoms with E-state index in [-0.39, 0.29) is 0 Å². The van der Waals surface area contributed by atoms with Crippen LogP contribution in [0.5, 0.6) is 0 Å². The topological polar surface area (TPSA) is 46.5 Å². The van der Waals surface area contributed by atoms with Crippen LogP contribution in [0.15, 0.2) is 12.7 Å². The molecule has 0 aromatic rings. The lowest BCUT2D eigenvalue weighted by Gasteiger charge is -2.17. The molecule has 0 fully saturated rings. The molecule has 0 aliphatic heterocycles. The average Bonchev–Trinajstić information content (AvgIpc) is 1.63. The van der Waals surface area contributed by atoms with Crippen LogP contribution in [0.1, 0.15) is 13.8 Å². The number of rotatable bonds is 2. The largest absolute Gasteiger partial charge is 0.506 e. The van der Waals surface area contributed by atoms with E-state index in [1.54, 1.807) is 13.8 Å². The van der Waals surface area contributed by atoms with Gasteiger partial charge < -0.3 is 9.84 Å². The summed E-state index contributed by atoms with van der Waals surface area (Å²) in [7, 11) is 0. The highest BCUT2D eigenvalue weighted by Crippen LogP contribution is 2.08. The molecule has 0 aromatic carbocycles. The van der Waals surface area contributed by atoms with Crippen molar-refractivity contribution in [2.75, 3.05) is 0 Å². The van der Waals surface area contributed by atoms with Crippen molar-refractivity contribution in [2.45, 2.75) is 19.4 Å².